The monoisotopic (exact) mass is 519 g/mol. The van der Waals surface area contributed by atoms with Crippen molar-refractivity contribution in [1.29, 1.82) is 0 Å². The predicted octanol–water partition coefficient (Wildman–Crippen LogP) is 2.89. The summed E-state index contributed by atoms with van der Waals surface area (Å²) in [7, 11) is -3.91. The molecular formula is C23H26ClN5O5S. The Labute approximate surface area is 208 Å². The molecule has 0 saturated carbocycles. The Morgan fingerprint density at radius 1 is 1.23 bits per heavy atom. The number of carbonyl (C=O) groups is 1. The molecule has 12 heteroatoms. The fourth-order valence-electron chi connectivity index (χ4n) is 4.89. The highest BCUT2D eigenvalue weighted by molar-refractivity contribution is 7.92. The summed E-state index contributed by atoms with van der Waals surface area (Å²) in [6.45, 7) is 3.09. The van der Waals surface area contributed by atoms with Gasteiger partial charge in [-0.15, -0.1) is 0 Å². The highest BCUT2D eigenvalue weighted by atomic mass is 35.5. The first-order valence-corrected chi connectivity index (χ1v) is 13.3. The molecule has 2 atom stereocenters. The normalized spacial score (nSPS) is 21.5. The minimum atomic E-state index is -3.91. The van der Waals surface area contributed by atoms with E-state index in [0.29, 0.717) is 24.7 Å². The first kappa shape index (κ1) is 23.8. The minimum Gasteiger partial charge on any atom is -0.480 e. The lowest BCUT2D eigenvalue weighted by atomic mass is 10.1. The summed E-state index contributed by atoms with van der Waals surface area (Å²) in [5.41, 5.74) is 1.38. The number of nitrogens with zero attached hydrogens (tertiary/aromatic N) is 5. The molecule has 35 heavy (non-hydrogen) atoms. The second-order valence-corrected chi connectivity index (χ2v) is 11.5. The number of anilines is 1. The number of hydrogen-bond acceptors (Lipinski definition) is 7. The quantitative estimate of drug-likeness (QED) is 0.528. The summed E-state index contributed by atoms with van der Waals surface area (Å²) >= 11 is 6.42. The lowest BCUT2D eigenvalue weighted by Gasteiger charge is -2.29. The van der Waals surface area contributed by atoms with Crippen LogP contribution in [0.25, 0.3) is 5.69 Å². The van der Waals surface area contributed by atoms with Crippen LogP contribution in [0.2, 0.25) is 5.02 Å². The van der Waals surface area contributed by atoms with Crippen molar-refractivity contribution in [2.24, 2.45) is 0 Å². The Hall–Kier alpha value is -2.89. The third-order valence-corrected chi connectivity index (χ3v) is 9.26. The number of ether oxygens (including phenoxy) is 1. The van der Waals surface area contributed by atoms with E-state index >= 15 is 0 Å². The molecule has 3 aromatic rings. The number of aliphatic carboxylic acids is 1. The summed E-state index contributed by atoms with van der Waals surface area (Å²) in [6, 6.07) is 7.30. The van der Waals surface area contributed by atoms with Gasteiger partial charge >= 0.3 is 5.97 Å². The van der Waals surface area contributed by atoms with Crippen LogP contribution in [0.1, 0.15) is 31.0 Å². The van der Waals surface area contributed by atoms with Gasteiger partial charge in [0.1, 0.15) is 11.9 Å². The average molecular weight is 520 g/mol. The summed E-state index contributed by atoms with van der Waals surface area (Å²) in [6.07, 6.45) is 4.83. The molecule has 0 spiro atoms. The van der Waals surface area contributed by atoms with E-state index in [4.69, 9.17) is 16.3 Å². The number of sulfone groups is 1. The van der Waals surface area contributed by atoms with E-state index in [2.05, 4.69) is 10.2 Å². The zero-order valence-electron chi connectivity index (χ0n) is 19.1. The molecule has 2 aliphatic heterocycles. The van der Waals surface area contributed by atoms with Gasteiger partial charge in [-0.05, 0) is 50.5 Å². The van der Waals surface area contributed by atoms with E-state index in [1.165, 1.54) is 6.07 Å². The maximum absolute atomic E-state index is 13.6. The van der Waals surface area contributed by atoms with Gasteiger partial charge in [0.15, 0.2) is 9.84 Å². The fraction of sp³-hybridized carbons (Fsp3) is 0.435. The summed E-state index contributed by atoms with van der Waals surface area (Å²) < 4.78 is 36.1. The summed E-state index contributed by atoms with van der Waals surface area (Å²) in [5.74, 6) is -0.445. The largest absolute Gasteiger partial charge is 0.480 e. The molecular weight excluding hydrogens is 494 g/mol. The maximum atomic E-state index is 13.6. The fourth-order valence-corrected chi connectivity index (χ4v) is 7.13. The van der Waals surface area contributed by atoms with Crippen molar-refractivity contribution in [3.05, 3.63) is 53.4 Å². The number of benzene rings is 1. The highest BCUT2D eigenvalue weighted by Crippen LogP contribution is 2.37. The molecule has 0 bridgehead atoms. The number of rotatable bonds is 6. The molecule has 2 fully saturated rings. The SMILES string of the molecule is Cc1cc(N2C[C@H](S(=O)(=O)c3ccc(-n4cccn4)cc3Cl)C[C@H]2C(=O)O)n(C2CCOCC2)n1. The van der Waals surface area contributed by atoms with Crippen molar-refractivity contribution in [1.82, 2.24) is 19.6 Å². The zero-order chi connectivity index (χ0) is 24.7. The van der Waals surface area contributed by atoms with Crippen LogP contribution >= 0.6 is 11.6 Å². The van der Waals surface area contributed by atoms with Crippen molar-refractivity contribution in [3.8, 4) is 5.69 Å². The first-order chi connectivity index (χ1) is 16.8. The lowest BCUT2D eigenvalue weighted by Crippen LogP contribution is -2.38. The van der Waals surface area contributed by atoms with E-state index < -0.39 is 27.1 Å². The Kier molecular flexibility index (Phi) is 6.32. The molecule has 1 aromatic carbocycles. The van der Waals surface area contributed by atoms with Crippen molar-refractivity contribution >= 4 is 33.2 Å². The lowest BCUT2D eigenvalue weighted by molar-refractivity contribution is -0.138. The summed E-state index contributed by atoms with van der Waals surface area (Å²) in [5, 5.41) is 17.9. The van der Waals surface area contributed by atoms with Crippen LogP contribution < -0.4 is 4.90 Å². The predicted molar refractivity (Wildman–Crippen MR) is 129 cm³/mol. The summed E-state index contributed by atoms with van der Waals surface area (Å²) in [4.78, 5) is 13.9. The molecule has 10 nitrogen and oxygen atoms in total. The average Bonchev–Trinajstić information content (AvgIpc) is 3.59. The number of hydrogen-bond donors (Lipinski definition) is 1. The molecule has 0 aliphatic carbocycles. The van der Waals surface area contributed by atoms with Crippen LogP contribution in [0.5, 0.6) is 0 Å². The van der Waals surface area contributed by atoms with Gasteiger partial charge in [-0.2, -0.15) is 10.2 Å². The smallest absolute Gasteiger partial charge is 0.326 e. The molecule has 4 heterocycles. The van der Waals surface area contributed by atoms with Crippen LogP contribution in [0.4, 0.5) is 5.82 Å². The Morgan fingerprint density at radius 2 is 2.00 bits per heavy atom. The minimum absolute atomic E-state index is 0.0137. The van der Waals surface area contributed by atoms with Crippen LogP contribution in [-0.4, -0.2) is 70.1 Å². The second-order valence-electron chi connectivity index (χ2n) is 8.91. The van der Waals surface area contributed by atoms with Gasteiger partial charge in [0.2, 0.25) is 0 Å². The number of aryl methyl sites for hydroxylation is 1. The number of halogens is 1. The van der Waals surface area contributed by atoms with Crippen LogP contribution in [0, 0.1) is 6.92 Å². The van der Waals surface area contributed by atoms with Gasteiger partial charge in [0.05, 0.1) is 32.6 Å². The third kappa shape index (κ3) is 4.43. The van der Waals surface area contributed by atoms with Crippen LogP contribution in [0.3, 0.4) is 0 Å². The molecule has 0 amide bonds. The van der Waals surface area contributed by atoms with Crippen molar-refractivity contribution in [2.75, 3.05) is 24.7 Å². The van der Waals surface area contributed by atoms with Crippen LogP contribution in [-0.2, 0) is 19.4 Å². The number of carboxylic acid groups (broad SMARTS) is 1. The Morgan fingerprint density at radius 3 is 2.66 bits per heavy atom. The molecule has 1 N–H and O–H groups in total. The van der Waals surface area contributed by atoms with Gasteiger partial charge in [0.25, 0.3) is 0 Å². The topological polar surface area (TPSA) is 120 Å². The standard InChI is InChI=1S/C23H26ClN5O5S/c1-15-11-22(29(26-15)16-5-9-34-10-6-16)27-14-18(13-20(27)23(30)31)35(32,33)21-4-3-17(12-19(21)24)28-8-2-7-25-28/h2-4,7-8,11-12,16,18,20H,5-6,9-10,13-14H2,1H3,(H,30,31)/t18-,20+/m1/s1. The van der Waals surface area contributed by atoms with Gasteiger partial charge in [-0.3, -0.25) is 0 Å². The van der Waals surface area contributed by atoms with E-state index in [1.807, 2.05) is 17.7 Å². The molecule has 186 valence electrons. The van der Waals surface area contributed by atoms with Gasteiger partial charge in [-0.1, -0.05) is 11.6 Å². The Bertz CT molecular complexity index is 1330. The van der Waals surface area contributed by atoms with Gasteiger partial charge in [0, 0.05) is 38.2 Å². The molecule has 2 saturated heterocycles. The molecule has 0 unspecified atom stereocenters. The highest BCUT2D eigenvalue weighted by Gasteiger charge is 2.45. The first-order valence-electron chi connectivity index (χ1n) is 11.4. The molecule has 2 aromatic heterocycles. The van der Waals surface area contributed by atoms with Gasteiger partial charge < -0.3 is 14.7 Å². The number of aromatic nitrogens is 4. The van der Waals surface area contributed by atoms with Crippen molar-refractivity contribution < 1.29 is 23.1 Å². The third-order valence-electron chi connectivity index (χ3n) is 6.65. The van der Waals surface area contributed by atoms with E-state index in [0.717, 1.165) is 18.5 Å². The maximum Gasteiger partial charge on any atom is 0.326 e. The van der Waals surface area contributed by atoms with Gasteiger partial charge in [-0.25, -0.2) is 22.6 Å². The van der Waals surface area contributed by atoms with E-state index in [1.54, 1.807) is 40.2 Å². The van der Waals surface area contributed by atoms with Crippen molar-refractivity contribution in [2.45, 2.75) is 48.4 Å². The Balaban J connectivity index is 1.46. The number of carboxylic acids is 1. The molecule has 0 radical (unpaired) electrons. The molecule has 2 aliphatic rings. The van der Waals surface area contributed by atoms with E-state index in [-0.39, 0.29) is 28.9 Å². The molecule has 5 rings (SSSR count). The van der Waals surface area contributed by atoms with Crippen molar-refractivity contribution in [3.63, 3.8) is 0 Å². The zero-order valence-corrected chi connectivity index (χ0v) is 20.7. The van der Waals surface area contributed by atoms with Crippen LogP contribution in [0.15, 0.2) is 47.6 Å². The van der Waals surface area contributed by atoms with E-state index in [9.17, 15) is 18.3 Å². The second kappa shape index (κ2) is 9.29.